The lowest BCUT2D eigenvalue weighted by Gasteiger charge is -2.23. The van der Waals surface area contributed by atoms with Gasteiger partial charge in [-0.2, -0.15) is 18.2 Å². The number of hydrogen-bond acceptors (Lipinski definition) is 4. The van der Waals surface area contributed by atoms with E-state index in [9.17, 15) is 13.2 Å². The molecule has 0 spiro atoms. The Balaban J connectivity index is 2.30. The quantitative estimate of drug-likeness (QED) is 0.870. The zero-order valence-electron chi connectivity index (χ0n) is 8.71. The molecule has 1 atom stereocenters. The standard InChI is InChI=1S/C9H12F3N3O/c1-2-8(13,5-3-4-5)6-14-7(16-15-6)9(10,11)12/h5H,2-4,13H2,1H3. The summed E-state index contributed by atoms with van der Waals surface area (Å²) in [6.07, 6.45) is -2.31. The Hall–Kier alpha value is -1.11. The van der Waals surface area contributed by atoms with Gasteiger partial charge in [-0.25, -0.2) is 0 Å². The highest BCUT2D eigenvalue weighted by Gasteiger charge is 2.47. The van der Waals surface area contributed by atoms with Crippen LogP contribution < -0.4 is 5.73 Å². The molecule has 1 fully saturated rings. The third-order valence-electron chi connectivity index (χ3n) is 2.98. The van der Waals surface area contributed by atoms with Crippen LogP contribution in [-0.2, 0) is 11.7 Å². The van der Waals surface area contributed by atoms with Crippen molar-refractivity contribution in [3.63, 3.8) is 0 Å². The minimum absolute atomic E-state index is 0.0372. The maximum Gasteiger partial charge on any atom is 0.471 e. The number of nitrogens with zero attached hydrogens (tertiary/aromatic N) is 2. The molecule has 7 heteroatoms. The summed E-state index contributed by atoms with van der Waals surface area (Å²) in [5.74, 6) is -1.20. The SMILES string of the molecule is CCC(N)(c1noc(C(F)(F)F)n1)C1CC1. The lowest BCUT2D eigenvalue weighted by atomic mass is 9.91. The van der Waals surface area contributed by atoms with Crippen LogP contribution in [0.5, 0.6) is 0 Å². The summed E-state index contributed by atoms with van der Waals surface area (Å²) in [7, 11) is 0. The number of rotatable bonds is 3. The zero-order chi connectivity index (χ0) is 12.0. The molecule has 1 heterocycles. The minimum Gasteiger partial charge on any atom is -0.329 e. The van der Waals surface area contributed by atoms with E-state index in [-0.39, 0.29) is 11.7 Å². The van der Waals surface area contributed by atoms with Gasteiger partial charge >= 0.3 is 12.1 Å². The molecule has 1 aliphatic rings. The highest BCUT2D eigenvalue weighted by molar-refractivity contribution is 5.11. The molecule has 2 rings (SSSR count). The molecule has 0 bridgehead atoms. The molecule has 0 radical (unpaired) electrons. The molecular formula is C9H12F3N3O. The summed E-state index contributed by atoms with van der Waals surface area (Å²) in [6.45, 7) is 1.81. The highest BCUT2D eigenvalue weighted by Crippen LogP contribution is 2.45. The first-order valence-electron chi connectivity index (χ1n) is 5.08. The van der Waals surface area contributed by atoms with Crippen LogP contribution >= 0.6 is 0 Å². The Morgan fingerprint density at radius 3 is 2.44 bits per heavy atom. The number of nitrogens with two attached hydrogens (primary N) is 1. The smallest absolute Gasteiger partial charge is 0.329 e. The second kappa shape index (κ2) is 3.44. The van der Waals surface area contributed by atoms with E-state index in [1.54, 1.807) is 0 Å². The van der Waals surface area contributed by atoms with Gasteiger partial charge in [-0.05, 0) is 25.2 Å². The predicted octanol–water partition coefficient (Wildman–Crippen LogP) is 2.06. The largest absolute Gasteiger partial charge is 0.471 e. The van der Waals surface area contributed by atoms with E-state index >= 15 is 0 Å². The third-order valence-corrected chi connectivity index (χ3v) is 2.98. The summed E-state index contributed by atoms with van der Waals surface area (Å²) in [5.41, 5.74) is 5.15. The molecule has 1 aromatic heterocycles. The lowest BCUT2D eigenvalue weighted by molar-refractivity contribution is -0.159. The average molecular weight is 235 g/mol. The van der Waals surface area contributed by atoms with Gasteiger partial charge in [-0.3, -0.25) is 0 Å². The van der Waals surface area contributed by atoms with Crippen LogP contribution in [0.3, 0.4) is 0 Å². The van der Waals surface area contributed by atoms with Crippen LogP contribution in [0, 0.1) is 5.92 Å². The maximum atomic E-state index is 12.3. The molecule has 1 aliphatic carbocycles. The van der Waals surface area contributed by atoms with Gasteiger partial charge in [0.25, 0.3) is 0 Å². The van der Waals surface area contributed by atoms with Gasteiger partial charge in [0, 0.05) is 0 Å². The van der Waals surface area contributed by atoms with Crippen molar-refractivity contribution in [3.05, 3.63) is 11.7 Å². The molecule has 0 aliphatic heterocycles. The zero-order valence-corrected chi connectivity index (χ0v) is 8.71. The molecule has 0 saturated heterocycles. The number of halogens is 3. The van der Waals surface area contributed by atoms with E-state index < -0.39 is 17.6 Å². The Labute approximate surface area is 90.0 Å². The van der Waals surface area contributed by atoms with E-state index in [0.717, 1.165) is 12.8 Å². The van der Waals surface area contributed by atoms with E-state index in [0.29, 0.717) is 6.42 Å². The Morgan fingerprint density at radius 2 is 2.06 bits per heavy atom. The van der Waals surface area contributed by atoms with Crippen LogP contribution in [0.15, 0.2) is 4.52 Å². The van der Waals surface area contributed by atoms with Crippen molar-refractivity contribution < 1.29 is 17.7 Å². The minimum atomic E-state index is -4.61. The van der Waals surface area contributed by atoms with E-state index in [1.807, 2.05) is 6.92 Å². The van der Waals surface area contributed by atoms with Crippen LogP contribution in [0.4, 0.5) is 13.2 Å². The fourth-order valence-corrected chi connectivity index (χ4v) is 1.76. The van der Waals surface area contributed by atoms with Gasteiger partial charge in [0.1, 0.15) is 0 Å². The Bertz CT molecular complexity index is 386. The number of hydrogen-bond donors (Lipinski definition) is 1. The summed E-state index contributed by atoms with van der Waals surface area (Å²) in [5, 5.41) is 3.36. The van der Waals surface area contributed by atoms with Gasteiger partial charge in [-0.1, -0.05) is 12.1 Å². The van der Waals surface area contributed by atoms with Crippen molar-refractivity contribution >= 4 is 0 Å². The molecule has 0 aromatic carbocycles. The predicted molar refractivity (Wildman–Crippen MR) is 48.2 cm³/mol. The molecule has 1 unspecified atom stereocenters. The van der Waals surface area contributed by atoms with E-state index in [1.165, 1.54) is 0 Å². The third kappa shape index (κ3) is 1.79. The van der Waals surface area contributed by atoms with Crippen molar-refractivity contribution in [1.29, 1.82) is 0 Å². The molecule has 90 valence electrons. The van der Waals surface area contributed by atoms with Crippen molar-refractivity contribution in [2.45, 2.75) is 37.9 Å². The van der Waals surface area contributed by atoms with Gasteiger partial charge in [0.15, 0.2) is 5.82 Å². The number of aromatic nitrogens is 2. The van der Waals surface area contributed by atoms with Crippen molar-refractivity contribution in [1.82, 2.24) is 10.1 Å². The van der Waals surface area contributed by atoms with Gasteiger partial charge in [-0.15, -0.1) is 0 Å². The van der Waals surface area contributed by atoms with Gasteiger partial charge in [0.2, 0.25) is 0 Å². The molecule has 1 aromatic rings. The topological polar surface area (TPSA) is 64.9 Å². The second-order valence-corrected chi connectivity index (χ2v) is 4.09. The maximum absolute atomic E-state index is 12.3. The Morgan fingerprint density at radius 1 is 1.44 bits per heavy atom. The molecule has 4 nitrogen and oxygen atoms in total. The summed E-state index contributed by atoms with van der Waals surface area (Å²) >= 11 is 0. The van der Waals surface area contributed by atoms with Gasteiger partial charge in [0.05, 0.1) is 5.54 Å². The van der Waals surface area contributed by atoms with Crippen LogP contribution in [0.25, 0.3) is 0 Å². The van der Waals surface area contributed by atoms with Crippen molar-refractivity contribution in [3.8, 4) is 0 Å². The van der Waals surface area contributed by atoms with Crippen LogP contribution in [0.2, 0.25) is 0 Å². The molecule has 2 N–H and O–H groups in total. The first-order chi connectivity index (χ1) is 7.38. The molecular weight excluding hydrogens is 223 g/mol. The molecule has 1 saturated carbocycles. The summed E-state index contributed by atoms with van der Waals surface area (Å²) < 4.78 is 41.0. The van der Waals surface area contributed by atoms with Gasteiger partial charge < -0.3 is 10.3 Å². The molecule has 16 heavy (non-hydrogen) atoms. The fraction of sp³-hybridized carbons (Fsp3) is 0.778. The first kappa shape index (κ1) is 11.4. The van der Waals surface area contributed by atoms with E-state index in [4.69, 9.17) is 5.73 Å². The normalized spacial score (nSPS) is 20.8. The van der Waals surface area contributed by atoms with Crippen molar-refractivity contribution in [2.75, 3.05) is 0 Å². The second-order valence-electron chi connectivity index (χ2n) is 4.09. The lowest BCUT2D eigenvalue weighted by Crippen LogP contribution is -2.39. The summed E-state index contributed by atoms with van der Waals surface area (Å²) in [4.78, 5) is 3.36. The van der Waals surface area contributed by atoms with Crippen LogP contribution in [0.1, 0.15) is 37.9 Å². The first-order valence-corrected chi connectivity index (χ1v) is 5.08. The average Bonchev–Trinajstić information content (AvgIpc) is 2.92. The monoisotopic (exact) mass is 235 g/mol. The molecule has 0 amide bonds. The van der Waals surface area contributed by atoms with Crippen LogP contribution in [-0.4, -0.2) is 10.1 Å². The Kier molecular flexibility index (Phi) is 2.45. The number of alkyl halides is 3. The van der Waals surface area contributed by atoms with Crippen molar-refractivity contribution in [2.24, 2.45) is 11.7 Å². The highest BCUT2D eigenvalue weighted by atomic mass is 19.4. The van der Waals surface area contributed by atoms with E-state index in [2.05, 4.69) is 14.7 Å². The summed E-state index contributed by atoms with van der Waals surface area (Å²) in [6, 6.07) is 0. The fourth-order valence-electron chi connectivity index (χ4n) is 1.76.